The molecule has 2 nitrogen and oxygen atoms in total. The molecule has 0 heterocycles. The van der Waals surface area contributed by atoms with Gasteiger partial charge in [-0.3, -0.25) is 0 Å². The van der Waals surface area contributed by atoms with Crippen molar-refractivity contribution in [2.24, 2.45) is 0 Å². The Balaban J connectivity index is 2.34. The van der Waals surface area contributed by atoms with Gasteiger partial charge in [-0.2, -0.15) is 5.26 Å². The highest BCUT2D eigenvalue weighted by molar-refractivity contribution is 9.09. The van der Waals surface area contributed by atoms with Crippen LogP contribution in [-0.2, 0) is 6.54 Å². The average Bonchev–Trinajstić information content (AvgIpc) is 2.35. The summed E-state index contributed by atoms with van der Waals surface area (Å²) in [6.45, 7) is 2.04. The monoisotopic (exact) mass is 294 g/mol. The predicted molar refractivity (Wildman–Crippen MR) is 75.1 cm³/mol. The first-order valence-corrected chi connectivity index (χ1v) is 7.12. The Hall–Kier alpha value is -0.850. The van der Waals surface area contributed by atoms with Crippen molar-refractivity contribution in [2.45, 2.75) is 25.8 Å². The van der Waals surface area contributed by atoms with Gasteiger partial charge < -0.3 is 4.90 Å². The van der Waals surface area contributed by atoms with Crippen molar-refractivity contribution < 1.29 is 0 Å². The van der Waals surface area contributed by atoms with Crippen molar-refractivity contribution >= 4 is 15.9 Å². The van der Waals surface area contributed by atoms with Gasteiger partial charge in [0.05, 0.1) is 11.6 Å². The third kappa shape index (κ3) is 5.86. The molecular formula is C14H19BrN2. The molecule has 1 aromatic rings. The number of unbranched alkanes of at least 4 members (excludes halogenated alkanes) is 2. The van der Waals surface area contributed by atoms with Crippen LogP contribution >= 0.6 is 15.9 Å². The first-order valence-electron chi connectivity index (χ1n) is 6.00. The summed E-state index contributed by atoms with van der Waals surface area (Å²) in [6, 6.07) is 10.0. The summed E-state index contributed by atoms with van der Waals surface area (Å²) in [6.07, 6.45) is 3.76. The lowest BCUT2D eigenvalue weighted by atomic mass is 10.1. The van der Waals surface area contributed by atoms with Crippen LogP contribution in [0.3, 0.4) is 0 Å². The maximum Gasteiger partial charge on any atom is 0.0991 e. The van der Waals surface area contributed by atoms with E-state index in [0.29, 0.717) is 0 Å². The molecule has 0 atom stereocenters. The summed E-state index contributed by atoms with van der Waals surface area (Å²) >= 11 is 3.44. The van der Waals surface area contributed by atoms with Gasteiger partial charge in [0.1, 0.15) is 0 Å². The van der Waals surface area contributed by atoms with Gasteiger partial charge in [-0.15, -0.1) is 0 Å². The molecule has 1 aromatic carbocycles. The van der Waals surface area contributed by atoms with Crippen LogP contribution in [-0.4, -0.2) is 23.8 Å². The topological polar surface area (TPSA) is 27.0 Å². The van der Waals surface area contributed by atoms with Gasteiger partial charge in [0.2, 0.25) is 0 Å². The molecule has 0 unspecified atom stereocenters. The molecule has 17 heavy (non-hydrogen) atoms. The van der Waals surface area contributed by atoms with Gasteiger partial charge in [-0.05, 0) is 44.1 Å². The largest absolute Gasteiger partial charge is 0.302 e. The smallest absolute Gasteiger partial charge is 0.0991 e. The van der Waals surface area contributed by atoms with Gasteiger partial charge in [-0.25, -0.2) is 0 Å². The summed E-state index contributed by atoms with van der Waals surface area (Å²) in [4.78, 5) is 2.31. The molecule has 1 rings (SSSR count). The minimum absolute atomic E-state index is 0.746. The molecule has 92 valence electrons. The van der Waals surface area contributed by atoms with E-state index in [0.717, 1.165) is 24.0 Å². The molecule has 0 aliphatic carbocycles. The molecule has 0 spiro atoms. The third-order valence-corrected chi connectivity index (χ3v) is 3.24. The Morgan fingerprint density at radius 3 is 2.82 bits per heavy atom. The molecular weight excluding hydrogens is 276 g/mol. The standard InChI is InChI=1S/C14H19BrN2/c1-17(9-4-2-3-8-15)12-14-7-5-6-13(10-14)11-16/h5-7,10H,2-4,8-9,12H2,1H3. The van der Waals surface area contributed by atoms with Gasteiger partial charge in [0, 0.05) is 11.9 Å². The summed E-state index contributed by atoms with van der Waals surface area (Å²) in [5, 5.41) is 9.93. The van der Waals surface area contributed by atoms with Crippen LogP contribution in [0.25, 0.3) is 0 Å². The van der Waals surface area contributed by atoms with E-state index in [2.05, 4.69) is 40.0 Å². The highest BCUT2D eigenvalue weighted by atomic mass is 79.9. The number of hydrogen-bond donors (Lipinski definition) is 0. The quantitative estimate of drug-likeness (QED) is 0.568. The van der Waals surface area contributed by atoms with Crippen LogP contribution in [0, 0.1) is 11.3 Å². The average molecular weight is 295 g/mol. The molecule has 3 heteroatoms. The fourth-order valence-corrected chi connectivity index (χ4v) is 2.18. The molecule has 0 radical (unpaired) electrons. The Morgan fingerprint density at radius 1 is 1.29 bits per heavy atom. The summed E-state index contributed by atoms with van der Waals surface area (Å²) < 4.78 is 0. The first kappa shape index (κ1) is 14.2. The molecule has 0 N–H and O–H groups in total. The lowest BCUT2D eigenvalue weighted by molar-refractivity contribution is 0.318. The summed E-state index contributed by atoms with van der Waals surface area (Å²) in [5.41, 5.74) is 1.96. The molecule has 0 amide bonds. The lowest BCUT2D eigenvalue weighted by Gasteiger charge is -2.16. The number of benzene rings is 1. The second kappa shape index (κ2) is 8.27. The fourth-order valence-electron chi connectivity index (χ4n) is 1.78. The highest BCUT2D eigenvalue weighted by Gasteiger charge is 2.01. The van der Waals surface area contributed by atoms with Crippen molar-refractivity contribution in [3.63, 3.8) is 0 Å². The Bertz CT molecular complexity index is 371. The minimum Gasteiger partial charge on any atom is -0.302 e. The van der Waals surface area contributed by atoms with Crippen LogP contribution in [0.1, 0.15) is 30.4 Å². The number of halogens is 1. The van der Waals surface area contributed by atoms with E-state index in [1.54, 1.807) is 0 Å². The minimum atomic E-state index is 0.746. The zero-order chi connectivity index (χ0) is 12.5. The van der Waals surface area contributed by atoms with Crippen LogP contribution in [0.4, 0.5) is 0 Å². The molecule has 0 bridgehead atoms. The van der Waals surface area contributed by atoms with E-state index in [4.69, 9.17) is 5.26 Å². The van der Waals surface area contributed by atoms with Crippen molar-refractivity contribution in [3.8, 4) is 6.07 Å². The zero-order valence-corrected chi connectivity index (χ0v) is 11.9. The summed E-state index contributed by atoms with van der Waals surface area (Å²) in [5.74, 6) is 0. The highest BCUT2D eigenvalue weighted by Crippen LogP contribution is 2.08. The Kier molecular flexibility index (Phi) is 6.91. The summed E-state index contributed by atoms with van der Waals surface area (Å²) in [7, 11) is 2.13. The number of alkyl halides is 1. The van der Waals surface area contributed by atoms with Crippen molar-refractivity contribution in [1.82, 2.24) is 4.90 Å². The lowest BCUT2D eigenvalue weighted by Crippen LogP contribution is -2.19. The predicted octanol–water partition coefficient (Wildman–Crippen LogP) is 3.56. The maximum atomic E-state index is 8.83. The third-order valence-electron chi connectivity index (χ3n) is 2.68. The van der Waals surface area contributed by atoms with E-state index in [9.17, 15) is 0 Å². The van der Waals surface area contributed by atoms with E-state index in [1.807, 2.05) is 18.2 Å². The van der Waals surface area contributed by atoms with E-state index >= 15 is 0 Å². The first-order chi connectivity index (χ1) is 8.26. The van der Waals surface area contributed by atoms with Crippen LogP contribution in [0.2, 0.25) is 0 Å². The number of rotatable bonds is 7. The van der Waals surface area contributed by atoms with Crippen LogP contribution in [0.5, 0.6) is 0 Å². The second-order valence-corrected chi connectivity index (χ2v) is 5.09. The second-order valence-electron chi connectivity index (χ2n) is 4.30. The van der Waals surface area contributed by atoms with E-state index in [1.165, 1.54) is 24.8 Å². The van der Waals surface area contributed by atoms with Crippen LogP contribution < -0.4 is 0 Å². The molecule has 0 aliphatic rings. The number of nitriles is 1. The molecule has 0 aromatic heterocycles. The molecule has 0 saturated heterocycles. The number of nitrogens with zero attached hydrogens (tertiary/aromatic N) is 2. The molecule has 0 aliphatic heterocycles. The van der Waals surface area contributed by atoms with E-state index < -0.39 is 0 Å². The Morgan fingerprint density at radius 2 is 2.12 bits per heavy atom. The SMILES string of the molecule is CN(CCCCCBr)Cc1cccc(C#N)c1. The van der Waals surface area contributed by atoms with Gasteiger partial charge in [0.25, 0.3) is 0 Å². The Labute approximate surface area is 112 Å². The van der Waals surface area contributed by atoms with Crippen LogP contribution in [0.15, 0.2) is 24.3 Å². The van der Waals surface area contributed by atoms with Crippen molar-refractivity contribution in [2.75, 3.05) is 18.9 Å². The van der Waals surface area contributed by atoms with Gasteiger partial charge in [-0.1, -0.05) is 34.5 Å². The normalized spacial score (nSPS) is 10.5. The molecule has 0 saturated carbocycles. The van der Waals surface area contributed by atoms with Crippen molar-refractivity contribution in [3.05, 3.63) is 35.4 Å². The van der Waals surface area contributed by atoms with Gasteiger partial charge >= 0.3 is 0 Å². The zero-order valence-electron chi connectivity index (χ0n) is 10.3. The fraction of sp³-hybridized carbons (Fsp3) is 0.500. The maximum absolute atomic E-state index is 8.83. The number of hydrogen-bond acceptors (Lipinski definition) is 2. The van der Waals surface area contributed by atoms with Gasteiger partial charge in [0.15, 0.2) is 0 Å². The van der Waals surface area contributed by atoms with E-state index in [-0.39, 0.29) is 0 Å². The van der Waals surface area contributed by atoms with Crippen molar-refractivity contribution in [1.29, 1.82) is 5.26 Å². The molecule has 0 fully saturated rings.